The molecule has 0 aromatic carbocycles. The highest BCUT2D eigenvalue weighted by atomic mass is 79.9. The summed E-state index contributed by atoms with van der Waals surface area (Å²) in [6, 6.07) is 0. The van der Waals surface area contributed by atoms with Crippen molar-refractivity contribution in [2.24, 2.45) is 0 Å². The highest BCUT2D eigenvalue weighted by Crippen LogP contribution is 2.25. The lowest BCUT2D eigenvalue weighted by Gasteiger charge is -2.05. The van der Waals surface area contributed by atoms with Gasteiger partial charge in [0.15, 0.2) is 0 Å². The molecule has 2 nitrogen and oxygen atoms in total. The topological polar surface area (TPSA) is 29.5 Å². The third-order valence-corrected chi connectivity index (χ3v) is 2.73. The van der Waals surface area contributed by atoms with Crippen LogP contribution in [0.2, 0.25) is 0 Å². The molecule has 0 saturated carbocycles. The first-order chi connectivity index (χ1) is 4.24. The van der Waals surface area contributed by atoms with Crippen molar-refractivity contribution in [2.75, 3.05) is 6.61 Å². The minimum absolute atomic E-state index is 0.0596. The normalized spacial score (nSPS) is 43.7. The van der Waals surface area contributed by atoms with E-state index in [-0.39, 0.29) is 18.8 Å². The summed E-state index contributed by atoms with van der Waals surface area (Å²) in [4.78, 5) is 0.426. The highest BCUT2D eigenvalue weighted by molar-refractivity contribution is 9.09. The molecule has 1 aliphatic heterocycles. The molecule has 1 heterocycles. The van der Waals surface area contributed by atoms with Gasteiger partial charge in [-0.3, -0.25) is 0 Å². The third kappa shape index (κ3) is 1.66. The number of ether oxygens (including phenoxy) is 1. The van der Waals surface area contributed by atoms with Crippen LogP contribution in [0.15, 0.2) is 0 Å². The fourth-order valence-corrected chi connectivity index (χ4v) is 1.55. The Morgan fingerprint density at radius 1 is 1.78 bits per heavy atom. The van der Waals surface area contributed by atoms with Crippen LogP contribution in [0.4, 0.5) is 0 Å². The van der Waals surface area contributed by atoms with E-state index in [2.05, 4.69) is 15.9 Å². The number of hydrogen-bond acceptors (Lipinski definition) is 2. The van der Waals surface area contributed by atoms with Gasteiger partial charge >= 0.3 is 0 Å². The fraction of sp³-hybridized carbons (Fsp3) is 1.00. The molecule has 0 spiro atoms. The Labute approximate surface area is 63.3 Å². The zero-order chi connectivity index (χ0) is 6.85. The fourth-order valence-electron chi connectivity index (χ4n) is 1.00. The number of aliphatic hydroxyl groups is 1. The monoisotopic (exact) mass is 194 g/mol. The molecule has 3 atom stereocenters. The molecule has 1 saturated heterocycles. The quantitative estimate of drug-likeness (QED) is 0.630. The van der Waals surface area contributed by atoms with Crippen LogP contribution in [0.25, 0.3) is 0 Å². The molecule has 0 aromatic heterocycles. The zero-order valence-electron chi connectivity index (χ0n) is 5.38. The van der Waals surface area contributed by atoms with E-state index in [1.165, 1.54) is 0 Å². The van der Waals surface area contributed by atoms with Gasteiger partial charge in [-0.2, -0.15) is 0 Å². The summed E-state index contributed by atoms with van der Waals surface area (Å²) in [5, 5.41) is 8.66. The van der Waals surface area contributed by atoms with Crippen molar-refractivity contribution in [3.05, 3.63) is 0 Å². The van der Waals surface area contributed by atoms with Gasteiger partial charge in [-0.15, -0.1) is 0 Å². The number of rotatable bonds is 1. The van der Waals surface area contributed by atoms with Gasteiger partial charge in [0, 0.05) is 4.83 Å². The van der Waals surface area contributed by atoms with Gasteiger partial charge in [-0.05, 0) is 13.3 Å². The van der Waals surface area contributed by atoms with Crippen molar-refractivity contribution in [3.8, 4) is 0 Å². The second-order valence-electron chi connectivity index (χ2n) is 2.40. The van der Waals surface area contributed by atoms with E-state index >= 15 is 0 Å². The van der Waals surface area contributed by atoms with E-state index in [9.17, 15) is 0 Å². The van der Waals surface area contributed by atoms with E-state index in [0.717, 1.165) is 6.42 Å². The SMILES string of the molecule is C[C@@H]1O[C@H](CO)CC1Br. The Morgan fingerprint density at radius 3 is 2.67 bits per heavy atom. The molecule has 0 aromatic rings. The van der Waals surface area contributed by atoms with Crippen LogP contribution >= 0.6 is 15.9 Å². The summed E-state index contributed by atoms with van der Waals surface area (Å²) in [5.74, 6) is 0. The lowest BCUT2D eigenvalue weighted by atomic mass is 10.2. The van der Waals surface area contributed by atoms with E-state index in [1.807, 2.05) is 6.92 Å². The van der Waals surface area contributed by atoms with Crippen LogP contribution in [0.5, 0.6) is 0 Å². The first kappa shape index (κ1) is 7.51. The van der Waals surface area contributed by atoms with E-state index in [0.29, 0.717) is 4.83 Å². The van der Waals surface area contributed by atoms with Crippen LogP contribution in [0.1, 0.15) is 13.3 Å². The van der Waals surface area contributed by atoms with Gasteiger partial charge in [0.1, 0.15) is 0 Å². The van der Waals surface area contributed by atoms with Crippen LogP contribution < -0.4 is 0 Å². The average Bonchev–Trinajstić information content (AvgIpc) is 2.13. The van der Waals surface area contributed by atoms with Gasteiger partial charge in [0.25, 0.3) is 0 Å². The standard InChI is InChI=1S/C6H11BrO2/c1-4-6(7)2-5(3-8)9-4/h4-6,8H,2-3H2,1H3/t4-,5-,6?/m0/s1. The van der Waals surface area contributed by atoms with E-state index in [4.69, 9.17) is 9.84 Å². The molecule has 1 N–H and O–H groups in total. The number of alkyl halides is 1. The van der Waals surface area contributed by atoms with Gasteiger partial charge in [0.05, 0.1) is 18.8 Å². The summed E-state index contributed by atoms with van der Waals surface area (Å²) in [5.41, 5.74) is 0. The summed E-state index contributed by atoms with van der Waals surface area (Å²) < 4.78 is 5.33. The van der Waals surface area contributed by atoms with Gasteiger partial charge < -0.3 is 9.84 Å². The van der Waals surface area contributed by atoms with Crippen LogP contribution in [-0.2, 0) is 4.74 Å². The predicted octanol–water partition coefficient (Wildman–Crippen LogP) is 0.920. The minimum Gasteiger partial charge on any atom is -0.394 e. The van der Waals surface area contributed by atoms with Crippen molar-refractivity contribution in [2.45, 2.75) is 30.4 Å². The van der Waals surface area contributed by atoms with Crippen LogP contribution in [0.3, 0.4) is 0 Å². The second kappa shape index (κ2) is 2.99. The lowest BCUT2D eigenvalue weighted by molar-refractivity contribution is 0.0206. The smallest absolute Gasteiger partial charge is 0.0821 e. The molecule has 0 amide bonds. The Hall–Kier alpha value is 0.400. The molecule has 9 heavy (non-hydrogen) atoms. The van der Waals surface area contributed by atoms with Crippen molar-refractivity contribution in [3.63, 3.8) is 0 Å². The van der Waals surface area contributed by atoms with E-state index in [1.54, 1.807) is 0 Å². The molecule has 54 valence electrons. The molecule has 1 unspecified atom stereocenters. The van der Waals surface area contributed by atoms with Crippen molar-refractivity contribution in [1.82, 2.24) is 0 Å². The Balaban J connectivity index is 2.35. The van der Waals surface area contributed by atoms with Crippen molar-refractivity contribution in [1.29, 1.82) is 0 Å². The summed E-state index contributed by atoms with van der Waals surface area (Å²) >= 11 is 3.45. The number of halogens is 1. The Morgan fingerprint density at radius 2 is 2.44 bits per heavy atom. The molecule has 1 rings (SSSR count). The first-order valence-electron chi connectivity index (χ1n) is 3.14. The summed E-state index contributed by atoms with van der Waals surface area (Å²) in [6.45, 7) is 2.15. The molecular weight excluding hydrogens is 184 g/mol. The predicted molar refractivity (Wildman–Crippen MR) is 38.8 cm³/mol. The minimum atomic E-state index is 0.0596. The van der Waals surface area contributed by atoms with E-state index < -0.39 is 0 Å². The van der Waals surface area contributed by atoms with Crippen molar-refractivity contribution < 1.29 is 9.84 Å². The Bertz CT molecular complexity index is 87.1. The van der Waals surface area contributed by atoms with Crippen molar-refractivity contribution >= 4 is 15.9 Å². The Kier molecular flexibility index (Phi) is 2.50. The molecule has 1 fully saturated rings. The number of aliphatic hydroxyl groups excluding tert-OH is 1. The molecule has 1 aliphatic rings. The average molecular weight is 195 g/mol. The maximum atomic E-state index is 8.66. The maximum absolute atomic E-state index is 8.66. The molecule has 0 aliphatic carbocycles. The molecule has 0 bridgehead atoms. The lowest BCUT2D eigenvalue weighted by Crippen LogP contribution is -2.12. The van der Waals surface area contributed by atoms with Gasteiger partial charge in [-0.1, -0.05) is 15.9 Å². The van der Waals surface area contributed by atoms with Crippen LogP contribution in [-0.4, -0.2) is 28.7 Å². The van der Waals surface area contributed by atoms with Gasteiger partial charge in [-0.25, -0.2) is 0 Å². The first-order valence-corrected chi connectivity index (χ1v) is 4.06. The molecule has 0 radical (unpaired) electrons. The second-order valence-corrected chi connectivity index (χ2v) is 3.57. The third-order valence-electron chi connectivity index (χ3n) is 1.61. The summed E-state index contributed by atoms with van der Waals surface area (Å²) in [7, 11) is 0. The molecule has 3 heteroatoms. The van der Waals surface area contributed by atoms with Crippen LogP contribution in [0, 0.1) is 0 Å². The van der Waals surface area contributed by atoms with Gasteiger partial charge in [0.2, 0.25) is 0 Å². The maximum Gasteiger partial charge on any atom is 0.0821 e. The molecular formula is C6H11BrO2. The largest absolute Gasteiger partial charge is 0.394 e. The zero-order valence-corrected chi connectivity index (χ0v) is 6.97. The highest BCUT2D eigenvalue weighted by Gasteiger charge is 2.29. The number of hydrogen-bond donors (Lipinski definition) is 1. The summed E-state index contributed by atoms with van der Waals surface area (Å²) in [6.07, 6.45) is 1.24.